The Kier molecular flexibility index (Phi) is 5.26. The number of carbonyl (C=O) groups excluding carboxylic acids is 1. The van der Waals surface area contributed by atoms with E-state index in [0.717, 1.165) is 0 Å². The van der Waals surface area contributed by atoms with Crippen molar-refractivity contribution in [2.24, 2.45) is 0 Å². The predicted octanol–water partition coefficient (Wildman–Crippen LogP) is 1.54. The first-order valence-corrected chi connectivity index (χ1v) is 6.66. The molecule has 1 aliphatic rings. The lowest BCUT2D eigenvalue weighted by Gasteiger charge is -2.14. The summed E-state index contributed by atoms with van der Waals surface area (Å²) in [5.74, 6) is -1.60. The number of para-hydroxylation sites is 1. The molecular formula is C14H15F2NO5. The van der Waals surface area contributed by atoms with E-state index in [1.165, 1.54) is 6.07 Å². The second kappa shape index (κ2) is 7.17. The lowest BCUT2D eigenvalue weighted by atomic mass is 10.1. The Labute approximate surface area is 125 Å². The molecule has 1 fully saturated rings. The Morgan fingerprint density at radius 2 is 2.00 bits per heavy atom. The van der Waals surface area contributed by atoms with Gasteiger partial charge in [-0.05, 0) is 18.9 Å². The van der Waals surface area contributed by atoms with E-state index >= 15 is 0 Å². The maximum atomic E-state index is 12.3. The highest BCUT2D eigenvalue weighted by molar-refractivity contribution is 5.82. The number of hydrogen-bond donors (Lipinski definition) is 2. The second-order valence-corrected chi connectivity index (χ2v) is 4.73. The van der Waals surface area contributed by atoms with E-state index in [0.29, 0.717) is 12.0 Å². The topological polar surface area (TPSA) is 84.9 Å². The largest absolute Gasteiger partial charge is 0.479 e. The molecule has 2 rings (SSSR count). The Hall–Kier alpha value is -2.22. The number of rotatable bonds is 6. The Morgan fingerprint density at radius 1 is 1.32 bits per heavy atom. The number of benzene rings is 1. The van der Waals surface area contributed by atoms with E-state index in [9.17, 15) is 18.4 Å². The van der Waals surface area contributed by atoms with Crippen molar-refractivity contribution in [1.29, 1.82) is 0 Å². The fraction of sp³-hybridized carbons (Fsp3) is 0.429. The van der Waals surface area contributed by atoms with Gasteiger partial charge in [-0.2, -0.15) is 8.78 Å². The predicted molar refractivity (Wildman–Crippen MR) is 70.5 cm³/mol. The summed E-state index contributed by atoms with van der Waals surface area (Å²) in [5, 5.41) is 11.3. The lowest BCUT2D eigenvalue weighted by molar-refractivity contribution is -0.151. The zero-order valence-corrected chi connectivity index (χ0v) is 11.5. The summed E-state index contributed by atoms with van der Waals surface area (Å²) in [6, 6.07) is 6.10. The highest BCUT2D eigenvalue weighted by atomic mass is 19.3. The average Bonchev–Trinajstić information content (AvgIpc) is 2.95. The summed E-state index contributed by atoms with van der Waals surface area (Å²) in [6.45, 7) is -2.97. The van der Waals surface area contributed by atoms with Crippen molar-refractivity contribution < 1.29 is 33.0 Å². The molecule has 1 aromatic carbocycles. The van der Waals surface area contributed by atoms with E-state index in [-0.39, 0.29) is 18.7 Å². The van der Waals surface area contributed by atoms with Gasteiger partial charge in [0.1, 0.15) is 11.9 Å². The monoisotopic (exact) mass is 315 g/mol. The molecule has 0 unspecified atom stereocenters. The van der Waals surface area contributed by atoms with Gasteiger partial charge in [-0.15, -0.1) is 0 Å². The summed E-state index contributed by atoms with van der Waals surface area (Å²) in [6.07, 6.45) is -1.26. The molecule has 0 aliphatic carbocycles. The molecule has 0 radical (unpaired) electrons. The van der Waals surface area contributed by atoms with Gasteiger partial charge in [-0.25, -0.2) is 4.79 Å². The third kappa shape index (κ3) is 4.14. The first kappa shape index (κ1) is 16.2. The first-order chi connectivity index (χ1) is 10.5. The molecule has 8 heteroatoms. The van der Waals surface area contributed by atoms with Gasteiger partial charge < -0.3 is 19.9 Å². The van der Waals surface area contributed by atoms with Crippen LogP contribution in [0.15, 0.2) is 24.3 Å². The van der Waals surface area contributed by atoms with Crippen molar-refractivity contribution >= 4 is 11.9 Å². The zero-order valence-electron chi connectivity index (χ0n) is 11.5. The second-order valence-electron chi connectivity index (χ2n) is 4.73. The van der Waals surface area contributed by atoms with Crippen LogP contribution >= 0.6 is 0 Å². The number of hydrogen-bond acceptors (Lipinski definition) is 4. The van der Waals surface area contributed by atoms with Crippen molar-refractivity contribution in [2.75, 3.05) is 0 Å². The third-order valence-corrected chi connectivity index (χ3v) is 3.23. The molecule has 0 spiro atoms. The molecule has 1 aliphatic heterocycles. The maximum Gasteiger partial charge on any atom is 0.387 e. The number of carboxylic acid groups (broad SMARTS) is 1. The van der Waals surface area contributed by atoms with Crippen LogP contribution in [0.25, 0.3) is 0 Å². The van der Waals surface area contributed by atoms with Crippen molar-refractivity contribution in [2.45, 2.75) is 38.2 Å². The molecule has 2 N–H and O–H groups in total. The quantitative estimate of drug-likeness (QED) is 0.832. The molecule has 0 saturated carbocycles. The van der Waals surface area contributed by atoms with Gasteiger partial charge in [-0.1, -0.05) is 18.2 Å². The van der Waals surface area contributed by atoms with Crippen LogP contribution in [0.5, 0.6) is 5.75 Å². The van der Waals surface area contributed by atoms with Crippen molar-refractivity contribution in [3.63, 3.8) is 0 Å². The van der Waals surface area contributed by atoms with Crippen LogP contribution < -0.4 is 10.1 Å². The molecule has 120 valence electrons. The van der Waals surface area contributed by atoms with Crippen LogP contribution in [-0.2, 0) is 20.9 Å². The van der Waals surface area contributed by atoms with Crippen molar-refractivity contribution in [1.82, 2.24) is 5.32 Å². The van der Waals surface area contributed by atoms with Crippen molar-refractivity contribution in [3.8, 4) is 5.75 Å². The van der Waals surface area contributed by atoms with E-state index < -0.39 is 30.7 Å². The summed E-state index contributed by atoms with van der Waals surface area (Å²) in [4.78, 5) is 22.7. The summed E-state index contributed by atoms with van der Waals surface area (Å²) in [5.41, 5.74) is 0.393. The molecule has 1 heterocycles. The van der Waals surface area contributed by atoms with Gasteiger partial charge in [0, 0.05) is 12.1 Å². The normalized spacial score (nSPS) is 20.9. The Morgan fingerprint density at radius 3 is 2.64 bits per heavy atom. The zero-order chi connectivity index (χ0) is 16.1. The summed E-state index contributed by atoms with van der Waals surface area (Å²) in [7, 11) is 0. The smallest absolute Gasteiger partial charge is 0.387 e. The minimum Gasteiger partial charge on any atom is -0.479 e. The van der Waals surface area contributed by atoms with Gasteiger partial charge in [0.05, 0.1) is 0 Å². The Balaban J connectivity index is 1.90. The molecule has 1 aromatic rings. The van der Waals surface area contributed by atoms with Crippen molar-refractivity contribution in [3.05, 3.63) is 29.8 Å². The van der Waals surface area contributed by atoms with Crippen LogP contribution in [0, 0.1) is 0 Å². The number of alkyl halides is 2. The SMILES string of the molecule is O=C(NCc1ccccc1OC(F)F)[C@@H]1CC[C@H](C(=O)O)O1. The van der Waals surface area contributed by atoms with E-state index in [2.05, 4.69) is 10.1 Å². The van der Waals surface area contributed by atoms with Crippen LogP contribution in [0.1, 0.15) is 18.4 Å². The number of halogens is 2. The number of carbonyl (C=O) groups is 2. The van der Waals surface area contributed by atoms with Gasteiger partial charge in [0.2, 0.25) is 5.91 Å². The van der Waals surface area contributed by atoms with E-state index in [1.54, 1.807) is 18.2 Å². The Bertz CT molecular complexity index is 552. The van der Waals surface area contributed by atoms with E-state index in [4.69, 9.17) is 9.84 Å². The van der Waals surface area contributed by atoms with Crippen LogP contribution in [0.2, 0.25) is 0 Å². The molecule has 6 nitrogen and oxygen atoms in total. The van der Waals surface area contributed by atoms with Gasteiger partial charge in [0.25, 0.3) is 0 Å². The summed E-state index contributed by atoms with van der Waals surface area (Å²) >= 11 is 0. The minimum absolute atomic E-state index is 0.0146. The number of amides is 1. The van der Waals surface area contributed by atoms with Crippen LogP contribution in [0.4, 0.5) is 8.78 Å². The molecule has 2 atom stereocenters. The standard InChI is InChI=1S/C14H15F2NO5/c15-14(16)22-9-4-2-1-3-8(9)7-17-12(18)10-5-6-11(21-10)13(19)20/h1-4,10-11,14H,5-7H2,(H,17,18)(H,19,20)/t10-,11+/m0/s1. The molecule has 1 saturated heterocycles. The molecule has 22 heavy (non-hydrogen) atoms. The summed E-state index contributed by atoms with van der Waals surface area (Å²) < 4.78 is 34.0. The number of nitrogens with one attached hydrogen (secondary N) is 1. The molecular weight excluding hydrogens is 300 g/mol. The molecule has 0 bridgehead atoms. The van der Waals surface area contributed by atoms with Crippen LogP contribution in [0.3, 0.4) is 0 Å². The highest BCUT2D eigenvalue weighted by Gasteiger charge is 2.34. The maximum absolute atomic E-state index is 12.3. The van der Waals surface area contributed by atoms with Gasteiger partial charge in [-0.3, -0.25) is 4.79 Å². The minimum atomic E-state index is -2.95. The molecule has 1 amide bonds. The number of aliphatic carboxylic acids is 1. The van der Waals surface area contributed by atoms with Crippen LogP contribution in [-0.4, -0.2) is 35.8 Å². The number of carboxylic acids is 1. The van der Waals surface area contributed by atoms with E-state index in [1.807, 2.05) is 0 Å². The fourth-order valence-electron chi connectivity index (χ4n) is 2.17. The average molecular weight is 315 g/mol. The fourth-order valence-corrected chi connectivity index (χ4v) is 2.17. The third-order valence-electron chi connectivity index (χ3n) is 3.23. The molecule has 0 aromatic heterocycles. The lowest BCUT2D eigenvalue weighted by Crippen LogP contribution is -2.35. The van der Waals surface area contributed by atoms with Gasteiger partial charge in [0.15, 0.2) is 6.10 Å². The highest BCUT2D eigenvalue weighted by Crippen LogP contribution is 2.22. The number of ether oxygens (including phenoxy) is 2. The first-order valence-electron chi connectivity index (χ1n) is 6.66. The van der Waals surface area contributed by atoms with Gasteiger partial charge >= 0.3 is 12.6 Å².